The van der Waals surface area contributed by atoms with E-state index in [0.717, 1.165) is 43.5 Å². The molecule has 3 N–H and O–H groups in total. The smallest absolute Gasteiger partial charge is 0.319 e. The molecule has 3 amide bonds. The van der Waals surface area contributed by atoms with Crippen LogP contribution in [0.15, 0.2) is 42.5 Å². The van der Waals surface area contributed by atoms with Crippen molar-refractivity contribution in [2.24, 2.45) is 5.92 Å². The Hall–Kier alpha value is -3.30. The minimum atomic E-state index is -0.357. The predicted octanol–water partition coefficient (Wildman–Crippen LogP) is 4.50. The maximum Gasteiger partial charge on any atom is 0.319 e. The molecule has 0 unspecified atom stereocenters. The van der Waals surface area contributed by atoms with E-state index in [0.29, 0.717) is 30.1 Å². The van der Waals surface area contributed by atoms with Crippen LogP contribution in [0.3, 0.4) is 0 Å². The van der Waals surface area contributed by atoms with Crippen LogP contribution < -0.4 is 20.1 Å². The lowest BCUT2D eigenvalue weighted by atomic mass is 9.96. The first kappa shape index (κ1) is 29.7. The maximum absolute atomic E-state index is 13.7. The largest absolute Gasteiger partial charge is 0.497 e. The molecule has 1 aliphatic heterocycles. The average molecular weight is 553 g/mol. The van der Waals surface area contributed by atoms with Crippen LogP contribution in [-0.2, 0) is 6.54 Å². The number of aliphatic hydroxyl groups excluding tert-OH is 1. The molecule has 9 nitrogen and oxygen atoms in total. The SMILES string of the molecule is COc1ccc(CN(C)C[C@@H]2Oc3ccc(NC(=O)NC4CCCCC4)cc3C(=O)N([C@H](C)CO)C[C@H]2C)cc1. The highest BCUT2D eigenvalue weighted by Crippen LogP contribution is 2.31. The van der Waals surface area contributed by atoms with E-state index >= 15 is 0 Å². The van der Waals surface area contributed by atoms with E-state index in [9.17, 15) is 14.7 Å². The molecule has 4 rings (SSSR count). The van der Waals surface area contributed by atoms with Crippen LogP contribution >= 0.6 is 0 Å². The van der Waals surface area contributed by atoms with Crippen LogP contribution in [-0.4, -0.2) is 78.9 Å². The zero-order chi connectivity index (χ0) is 28.6. The van der Waals surface area contributed by atoms with Crippen molar-refractivity contribution in [3.63, 3.8) is 0 Å². The van der Waals surface area contributed by atoms with Gasteiger partial charge in [0.15, 0.2) is 0 Å². The first-order chi connectivity index (χ1) is 19.3. The lowest BCUT2D eigenvalue weighted by molar-refractivity contribution is 0.0341. The van der Waals surface area contributed by atoms with E-state index < -0.39 is 0 Å². The van der Waals surface area contributed by atoms with Crippen molar-refractivity contribution in [3.05, 3.63) is 53.6 Å². The normalized spacial score (nSPS) is 20.6. The summed E-state index contributed by atoms with van der Waals surface area (Å²) in [6.07, 6.45) is 5.26. The second kappa shape index (κ2) is 13.9. The number of fused-ring (bicyclic) bond motifs is 1. The van der Waals surface area contributed by atoms with Gasteiger partial charge in [0.05, 0.1) is 25.3 Å². The Morgan fingerprint density at radius 1 is 1.18 bits per heavy atom. The fourth-order valence-electron chi connectivity index (χ4n) is 5.53. The van der Waals surface area contributed by atoms with Crippen molar-refractivity contribution in [2.75, 3.05) is 39.2 Å². The van der Waals surface area contributed by atoms with Gasteiger partial charge in [0.1, 0.15) is 17.6 Å². The number of hydrogen-bond donors (Lipinski definition) is 3. The van der Waals surface area contributed by atoms with Gasteiger partial charge in [-0.2, -0.15) is 0 Å². The minimum Gasteiger partial charge on any atom is -0.497 e. The maximum atomic E-state index is 13.7. The number of rotatable bonds is 9. The van der Waals surface area contributed by atoms with E-state index in [1.54, 1.807) is 30.2 Å². The molecule has 9 heteroatoms. The molecule has 0 aromatic heterocycles. The summed E-state index contributed by atoms with van der Waals surface area (Å²) in [7, 11) is 3.71. The van der Waals surface area contributed by atoms with Gasteiger partial charge in [0, 0.05) is 37.3 Å². The van der Waals surface area contributed by atoms with Crippen molar-refractivity contribution < 1.29 is 24.2 Å². The summed E-state index contributed by atoms with van der Waals surface area (Å²) in [6.45, 7) is 5.60. The van der Waals surface area contributed by atoms with Crippen LogP contribution in [0, 0.1) is 5.92 Å². The van der Waals surface area contributed by atoms with Gasteiger partial charge in [-0.25, -0.2) is 4.79 Å². The molecule has 0 radical (unpaired) electrons. The van der Waals surface area contributed by atoms with Gasteiger partial charge in [-0.1, -0.05) is 38.3 Å². The number of carbonyl (C=O) groups excluding carboxylic acids is 2. The summed E-state index contributed by atoms with van der Waals surface area (Å²) in [5, 5.41) is 15.9. The quantitative estimate of drug-likeness (QED) is 0.423. The number of anilines is 1. The van der Waals surface area contributed by atoms with Gasteiger partial charge in [-0.3, -0.25) is 9.69 Å². The standard InChI is InChI=1S/C31H44N4O5/c1-21-17-35(22(2)20-36)30(37)27-16-25(33-31(38)32-24-8-6-5-7-9-24)12-15-28(27)40-29(21)19-34(3)18-23-10-13-26(39-4)14-11-23/h10-16,21-22,24,29,36H,5-9,17-20H2,1-4H3,(H2,32,33,38)/t21-,22-,29+/m1/s1. The third-order valence-electron chi connectivity index (χ3n) is 7.97. The summed E-state index contributed by atoms with van der Waals surface area (Å²) >= 11 is 0. The molecule has 0 spiro atoms. The van der Waals surface area contributed by atoms with Crippen molar-refractivity contribution in [3.8, 4) is 11.5 Å². The van der Waals surface area contributed by atoms with E-state index in [4.69, 9.17) is 9.47 Å². The molecule has 1 fully saturated rings. The van der Waals surface area contributed by atoms with Gasteiger partial charge >= 0.3 is 6.03 Å². The van der Waals surface area contributed by atoms with Gasteiger partial charge in [-0.05, 0) is 62.7 Å². The van der Waals surface area contributed by atoms with Crippen LogP contribution in [0.25, 0.3) is 0 Å². The van der Waals surface area contributed by atoms with E-state index in [1.165, 1.54) is 6.42 Å². The molecule has 0 bridgehead atoms. The minimum absolute atomic E-state index is 0.0171. The van der Waals surface area contributed by atoms with Gasteiger partial charge in [0.2, 0.25) is 0 Å². The number of aliphatic hydroxyl groups is 1. The number of urea groups is 1. The van der Waals surface area contributed by atoms with Crippen molar-refractivity contribution >= 4 is 17.6 Å². The molecule has 1 heterocycles. The van der Waals surface area contributed by atoms with E-state index in [2.05, 4.69) is 41.6 Å². The molecule has 1 aliphatic carbocycles. The monoisotopic (exact) mass is 552 g/mol. The third kappa shape index (κ3) is 7.67. The first-order valence-electron chi connectivity index (χ1n) is 14.4. The number of nitrogens with one attached hydrogen (secondary N) is 2. The zero-order valence-corrected chi connectivity index (χ0v) is 24.2. The Balaban J connectivity index is 1.52. The van der Waals surface area contributed by atoms with Crippen LogP contribution in [0.2, 0.25) is 0 Å². The number of likely N-dealkylation sites (N-methyl/N-ethyl adjacent to an activating group) is 1. The molecular formula is C31H44N4O5. The molecular weight excluding hydrogens is 508 g/mol. The molecule has 1 saturated carbocycles. The Kier molecular flexibility index (Phi) is 10.3. The average Bonchev–Trinajstić information content (AvgIpc) is 2.95. The van der Waals surface area contributed by atoms with E-state index in [-0.39, 0.29) is 42.7 Å². The fourth-order valence-corrected chi connectivity index (χ4v) is 5.53. The Labute approximate surface area is 237 Å². The van der Waals surface area contributed by atoms with Crippen LogP contribution in [0.1, 0.15) is 61.9 Å². The first-order valence-corrected chi connectivity index (χ1v) is 14.4. The highest BCUT2D eigenvalue weighted by molar-refractivity contribution is 5.99. The molecule has 2 aromatic rings. The number of amides is 3. The summed E-state index contributed by atoms with van der Waals surface area (Å²) in [5.74, 6) is 1.10. The van der Waals surface area contributed by atoms with Crippen LogP contribution in [0.5, 0.6) is 11.5 Å². The number of ether oxygens (including phenoxy) is 2. The van der Waals surface area contributed by atoms with Crippen molar-refractivity contribution in [1.29, 1.82) is 0 Å². The van der Waals surface area contributed by atoms with Crippen LogP contribution in [0.4, 0.5) is 10.5 Å². The Bertz CT molecular complexity index is 1140. The number of benzene rings is 2. The number of hydrogen-bond acceptors (Lipinski definition) is 6. The molecule has 2 aromatic carbocycles. The van der Waals surface area contributed by atoms with Crippen molar-refractivity contribution in [2.45, 2.75) is 70.7 Å². The summed E-state index contributed by atoms with van der Waals surface area (Å²) in [5.41, 5.74) is 2.07. The van der Waals surface area contributed by atoms with Crippen molar-refractivity contribution in [1.82, 2.24) is 15.1 Å². The lowest BCUT2D eigenvalue weighted by Gasteiger charge is -2.38. The molecule has 0 saturated heterocycles. The fraction of sp³-hybridized carbons (Fsp3) is 0.548. The molecule has 3 atom stereocenters. The number of methoxy groups -OCH3 is 1. The highest BCUT2D eigenvalue weighted by Gasteiger charge is 2.33. The Morgan fingerprint density at radius 3 is 2.58 bits per heavy atom. The summed E-state index contributed by atoms with van der Waals surface area (Å²) in [6, 6.07) is 12.8. The summed E-state index contributed by atoms with van der Waals surface area (Å²) < 4.78 is 11.8. The predicted molar refractivity (Wildman–Crippen MR) is 156 cm³/mol. The number of nitrogens with zero attached hydrogens (tertiary/aromatic N) is 2. The molecule has 40 heavy (non-hydrogen) atoms. The second-order valence-corrected chi connectivity index (χ2v) is 11.3. The van der Waals surface area contributed by atoms with E-state index in [1.807, 2.05) is 19.1 Å². The third-order valence-corrected chi connectivity index (χ3v) is 7.97. The zero-order valence-electron chi connectivity index (χ0n) is 24.2. The summed E-state index contributed by atoms with van der Waals surface area (Å²) in [4.78, 5) is 30.3. The number of carbonyl (C=O) groups is 2. The van der Waals surface area contributed by atoms with Gasteiger partial charge in [-0.15, -0.1) is 0 Å². The van der Waals surface area contributed by atoms with Gasteiger partial charge in [0.25, 0.3) is 5.91 Å². The van der Waals surface area contributed by atoms with Gasteiger partial charge < -0.3 is 30.1 Å². The molecule has 2 aliphatic rings. The Morgan fingerprint density at radius 2 is 1.90 bits per heavy atom. The second-order valence-electron chi connectivity index (χ2n) is 11.3. The molecule has 218 valence electrons. The lowest BCUT2D eigenvalue weighted by Crippen LogP contribution is -2.49. The highest BCUT2D eigenvalue weighted by atomic mass is 16.5. The topological polar surface area (TPSA) is 103 Å².